The standard InChI is InChI=1S/C19H17F2I/c1-2-3-4-5-14-6-8-15(9-7-14)10-11-16-12-18(21)19(22)13-17(16)20/h6-9,12-13H,2-5H2,1H3. The second-order valence-electron chi connectivity index (χ2n) is 5.15. The van der Waals surface area contributed by atoms with E-state index in [1.807, 2.05) is 24.3 Å². The molecule has 0 bridgehead atoms. The molecule has 0 aliphatic heterocycles. The van der Waals surface area contributed by atoms with E-state index >= 15 is 0 Å². The van der Waals surface area contributed by atoms with E-state index in [9.17, 15) is 8.78 Å². The third-order valence-corrected chi connectivity index (χ3v) is 4.20. The van der Waals surface area contributed by atoms with Gasteiger partial charge in [-0.25, -0.2) is 8.78 Å². The zero-order valence-electron chi connectivity index (χ0n) is 12.4. The van der Waals surface area contributed by atoms with E-state index in [0.717, 1.165) is 24.1 Å². The summed E-state index contributed by atoms with van der Waals surface area (Å²) < 4.78 is 27.4. The number of halogens is 3. The average Bonchev–Trinajstić information content (AvgIpc) is 2.51. The average molecular weight is 410 g/mol. The predicted molar refractivity (Wildman–Crippen MR) is 94.7 cm³/mol. The van der Waals surface area contributed by atoms with Crippen molar-refractivity contribution in [3.63, 3.8) is 0 Å². The maximum Gasteiger partial charge on any atom is 0.140 e. The summed E-state index contributed by atoms with van der Waals surface area (Å²) in [5, 5.41) is 0. The van der Waals surface area contributed by atoms with Gasteiger partial charge in [0.1, 0.15) is 11.6 Å². The zero-order valence-corrected chi connectivity index (χ0v) is 14.6. The van der Waals surface area contributed by atoms with Crippen molar-refractivity contribution in [2.45, 2.75) is 32.6 Å². The molecule has 0 atom stereocenters. The molecule has 0 fully saturated rings. The van der Waals surface area contributed by atoms with Crippen molar-refractivity contribution in [2.24, 2.45) is 0 Å². The molecule has 0 aromatic heterocycles. The molecule has 0 nitrogen and oxygen atoms in total. The van der Waals surface area contributed by atoms with Crippen molar-refractivity contribution < 1.29 is 8.78 Å². The quantitative estimate of drug-likeness (QED) is 0.263. The second kappa shape index (κ2) is 8.28. The molecular weight excluding hydrogens is 393 g/mol. The Bertz CT molecular complexity index is 694. The van der Waals surface area contributed by atoms with E-state index < -0.39 is 11.6 Å². The minimum Gasteiger partial charge on any atom is -0.206 e. The first-order valence-electron chi connectivity index (χ1n) is 7.35. The maximum atomic E-state index is 13.7. The lowest BCUT2D eigenvalue weighted by Gasteiger charge is -2.00. The Balaban J connectivity index is 2.10. The molecule has 0 saturated carbocycles. The third kappa shape index (κ3) is 4.81. The Morgan fingerprint density at radius 1 is 0.955 bits per heavy atom. The molecule has 0 heterocycles. The molecule has 0 saturated heterocycles. The van der Waals surface area contributed by atoms with E-state index in [1.54, 1.807) is 22.6 Å². The van der Waals surface area contributed by atoms with Gasteiger partial charge in [0.25, 0.3) is 0 Å². The first-order valence-corrected chi connectivity index (χ1v) is 8.43. The molecule has 0 unspecified atom stereocenters. The van der Waals surface area contributed by atoms with Crippen LogP contribution in [0.4, 0.5) is 8.78 Å². The van der Waals surface area contributed by atoms with Gasteiger partial charge < -0.3 is 0 Å². The number of benzene rings is 2. The fourth-order valence-electron chi connectivity index (χ4n) is 2.09. The topological polar surface area (TPSA) is 0 Å². The van der Waals surface area contributed by atoms with Crippen molar-refractivity contribution in [3.8, 4) is 11.8 Å². The van der Waals surface area contributed by atoms with Gasteiger partial charge in [-0.2, -0.15) is 0 Å². The molecule has 0 aliphatic carbocycles. The Morgan fingerprint density at radius 3 is 2.36 bits per heavy atom. The molecule has 2 aromatic rings. The summed E-state index contributed by atoms with van der Waals surface area (Å²) in [7, 11) is 0. The van der Waals surface area contributed by atoms with E-state index in [-0.39, 0.29) is 9.13 Å². The van der Waals surface area contributed by atoms with Gasteiger partial charge in [-0.05, 0) is 65.3 Å². The van der Waals surface area contributed by atoms with Crippen LogP contribution in [0.2, 0.25) is 0 Å². The van der Waals surface area contributed by atoms with Gasteiger partial charge in [0.05, 0.1) is 9.13 Å². The molecule has 3 heteroatoms. The fraction of sp³-hybridized carbons (Fsp3) is 0.263. The van der Waals surface area contributed by atoms with Crippen LogP contribution in [0.5, 0.6) is 0 Å². The Morgan fingerprint density at radius 2 is 1.68 bits per heavy atom. The summed E-state index contributed by atoms with van der Waals surface area (Å²) in [6.07, 6.45) is 4.70. The first-order chi connectivity index (χ1) is 10.6. The van der Waals surface area contributed by atoms with Crippen LogP contribution in [0.25, 0.3) is 0 Å². The number of unbranched alkanes of at least 4 members (excludes halogenated alkanes) is 2. The van der Waals surface area contributed by atoms with Crippen LogP contribution < -0.4 is 0 Å². The van der Waals surface area contributed by atoms with Crippen LogP contribution in [0, 0.1) is 27.0 Å². The minimum absolute atomic E-state index is 0.0879. The fourth-order valence-corrected chi connectivity index (χ4v) is 2.52. The number of hydrogen-bond acceptors (Lipinski definition) is 0. The van der Waals surface area contributed by atoms with E-state index in [1.165, 1.54) is 24.8 Å². The summed E-state index contributed by atoms with van der Waals surface area (Å²) in [4.78, 5) is 0. The largest absolute Gasteiger partial charge is 0.206 e. The summed E-state index contributed by atoms with van der Waals surface area (Å²) in [5.74, 6) is 4.65. The Labute approximate surface area is 144 Å². The predicted octanol–water partition coefficient (Wildman–Crippen LogP) is 5.70. The van der Waals surface area contributed by atoms with E-state index in [2.05, 4.69) is 18.8 Å². The van der Waals surface area contributed by atoms with E-state index in [4.69, 9.17) is 0 Å². The van der Waals surface area contributed by atoms with Crippen LogP contribution >= 0.6 is 22.6 Å². The summed E-state index contributed by atoms with van der Waals surface area (Å²) in [6.45, 7) is 2.19. The molecule has 2 aromatic carbocycles. The SMILES string of the molecule is CCCCCc1ccc(C#Cc2cc(F)c(I)cc2F)cc1. The Hall–Kier alpha value is -1.41. The highest BCUT2D eigenvalue weighted by Crippen LogP contribution is 2.16. The first kappa shape index (κ1) is 17.0. The maximum absolute atomic E-state index is 13.7. The van der Waals surface area contributed by atoms with Gasteiger partial charge >= 0.3 is 0 Å². The summed E-state index contributed by atoms with van der Waals surface area (Å²) in [6, 6.07) is 10.2. The number of hydrogen-bond donors (Lipinski definition) is 0. The van der Waals surface area contributed by atoms with Gasteiger partial charge in [0, 0.05) is 5.56 Å². The van der Waals surface area contributed by atoms with Crippen molar-refractivity contribution >= 4 is 22.6 Å². The molecule has 2 rings (SSSR count). The lowest BCUT2D eigenvalue weighted by Crippen LogP contribution is -1.90. The Kier molecular flexibility index (Phi) is 6.38. The van der Waals surface area contributed by atoms with Gasteiger partial charge in [-0.15, -0.1) is 0 Å². The molecule has 0 radical (unpaired) electrons. The highest BCUT2D eigenvalue weighted by molar-refractivity contribution is 14.1. The zero-order chi connectivity index (χ0) is 15.9. The third-order valence-electron chi connectivity index (χ3n) is 3.37. The normalized spacial score (nSPS) is 10.2. The van der Waals surface area contributed by atoms with Crippen molar-refractivity contribution in [1.82, 2.24) is 0 Å². The number of rotatable bonds is 4. The molecule has 0 spiro atoms. The summed E-state index contributed by atoms with van der Waals surface area (Å²) in [5.41, 5.74) is 2.17. The second-order valence-corrected chi connectivity index (χ2v) is 6.31. The number of aryl methyl sites for hydroxylation is 1. The van der Waals surface area contributed by atoms with Crippen molar-refractivity contribution in [2.75, 3.05) is 0 Å². The molecule has 0 aliphatic rings. The van der Waals surface area contributed by atoms with Crippen molar-refractivity contribution in [1.29, 1.82) is 0 Å². The van der Waals surface area contributed by atoms with Crippen LogP contribution in [0.15, 0.2) is 36.4 Å². The van der Waals surface area contributed by atoms with Gasteiger partial charge in [-0.1, -0.05) is 43.7 Å². The lowest BCUT2D eigenvalue weighted by atomic mass is 10.1. The molecule has 0 amide bonds. The summed E-state index contributed by atoms with van der Waals surface area (Å²) >= 11 is 1.76. The van der Waals surface area contributed by atoms with Crippen molar-refractivity contribution in [3.05, 3.63) is 68.3 Å². The van der Waals surface area contributed by atoms with Gasteiger partial charge in [0.15, 0.2) is 0 Å². The van der Waals surface area contributed by atoms with Gasteiger partial charge in [0.2, 0.25) is 0 Å². The van der Waals surface area contributed by atoms with Crippen LogP contribution in [-0.2, 0) is 6.42 Å². The van der Waals surface area contributed by atoms with Crippen LogP contribution in [-0.4, -0.2) is 0 Å². The highest BCUT2D eigenvalue weighted by atomic mass is 127. The van der Waals surface area contributed by atoms with E-state index in [0.29, 0.717) is 0 Å². The van der Waals surface area contributed by atoms with Crippen LogP contribution in [0.1, 0.15) is 42.9 Å². The monoisotopic (exact) mass is 410 g/mol. The van der Waals surface area contributed by atoms with Gasteiger partial charge in [-0.3, -0.25) is 0 Å². The molecular formula is C19H17F2I. The molecule has 114 valence electrons. The highest BCUT2D eigenvalue weighted by Gasteiger charge is 2.05. The smallest absolute Gasteiger partial charge is 0.140 e. The molecule has 0 N–H and O–H groups in total. The van der Waals surface area contributed by atoms with Crippen LogP contribution in [0.3, 0.4) is 0 Å². The molecule has 22 heavy (non-hydrogen) atoms. The minimum atomic E-state index is -0.491. The lowest BCUT2D eigenvalue weighted by molar-refractivity contribution is 0.591.